The maximum absolute atomic E-state index is 13.4. The van der Waals surface area contributed by atoms with Crippen molar-refractivity contribution >= 4 is 12.4 Å². The van der Waals surface area contributed by atoms with Crippen LogP contribution in [0.15, 0.2) is 23.8 Å². The number of aldehydes is 1. The Balaban J connectivity index is 2.41. The van der Waals surface area contributed by atoms with Crippen LogP contribution < -0.4 is 0 Å². The van der Waals surface area contributed by atoms with Gasteiger partial charge in [0.1, 0.15) is 12.1 Å². The van der Waals surface area contributed by atoms with Crippen LogP contribution in [0.4, 0.5) is 4.39 Å². The van der Waals surface area contributed by atoms with Gasteiger partial charge in [-0.05, 0) is 24.5 Å². The maximum Gasteiger partial charge on any atom is 0.130 e. The van der Waals surface area contributed by atoms with E-state index in [-0.39, 0.29) is 5.82 Å². The molecule has 1 aromatic rings. The van der Waals surface area contributed by atoms with E-state index >= 15 is 0 Å². The Kier molecular flexibility index (Phi) is 2.44. The molecule has 0 radical (unpaired) electrons. The van der Waals surface area contributed by atoms with E-state index in [0.29, 0.717) is 12.0 Å². The van der Waals surface area contributed by atoms with E-state index in [2.05, 4.69) is 0 Å². The van der Waals surface area contributed by atoms with Crippen molar-refractivity contribution in [3.8, 4) is 0 Å². The van der Waals surface area contributed by atoms with Crippen LogP contribution in [0.3, 0.4) is 0 Å². The summed E-state index contributed by atoms with van der Waals surface area (Å²) in [5.74, 6) is -0.189. The van der Waals surface area contributed by atoms with Crippen molar-refractivity contribution in [2.45, 2.75) is 19.3 Å². The molecule has 0 spiro atoms. The Morgan fingerprint density at radius 2 is 2.21 bits per heavy atom. The second-order valence-electron chi connectivity index (χ2n) is 3.49. The SMILES string of the molecule is O=CCC1=Cc2c(F)cccc2CC1. The highest BCUT2D eigenvalue weighted by molar-refractivity contribution is 5.65. The molecule has 0 atom stereocenters. The van der Waals surface area contributed by atoms with E-state index in [4.69, 9.17) is 0 Å². The molecule has 0 fully saturated rings. The second kappa shape index (κ2) is 3.74. The summed E-state index contributed by atoms with van der Waals surface area (Å²) in [5, 5.41) is 0. The van der Waals surface area contributed by atoms with Gasteiger partial charge in [-0.3, -0.25) is 0 Å². The minimum Gasteiger partial charge on any atom is -0.303 e. The molecule has 1 aliphatic carbocycles. The number of allylic oxidation sites excluding steroid dienone is 1. The molecule has 72 valence electrons. The first-order valence-electron chi connectivity index (χ1n) is 4.71. The van der Waals surface area contributed by atoms with E-state index < -0.39 is 0 Å². The van der Waals surface area contributed by atoms with Crippen molar-refractivity contribution in [2.75, 3.05) is 0 Å². The molecule has 1 aliphatic rings. The number of carbonyl (C=O) groups is 1. The number of rotatable bonds is 2. The van der Waals surface area contributed by atoms with Crippen LogP contribution in [0.25, 0.3) is 6.08 Å². The van der Waals surface area contributed by atoms with Gasteiger partial charge in [-0.25, -0.2) is 4.39 Å². The van der Waals surface area contributed by atoms with Crippen molar-refractivity contribution in [3.05, 3.63) is 40.7 Å². The van der Waals surface area contributed by atoms with Crippen LogP contribution in [0.5, 0.6) is 0 Å². The zero-order chi connectivity index (χ0) is 9.97. The first kappa shape index (κ1) is 9.13. The maximum atomic E-state index is 13.4. The predicted molar refractivity (Wildman–Crippen MR) is 53.4 cm³/mol. The minimum atomic E-state index is -0.189. The van der Waals surface area contributed by atoms with Crippen molar-refractivity contribution < 1.29 is 9.18 Å². The zero-order valence-electron chi connectivity index (χ0n) is 7.79. The monoisotopic (exact) mass is 190 g/mol. The van der Waals surface area contributed by atoms with Gasteiger partial charge in [0.05, 0.1) is 0 Å². The number of hydrogen-bond donors (Lipinski definition) is 0. The van der Waals surface area contributed by atoms with Crippen molar-refractivity contribution in [3.63, 3.8) is 0 Å². The topological polar surface area (TPSA) is 17.1 Å². The van der Waals surface area contributed by atoms with E-state index in [0.717, 1.165) is 30.3 Å². The summed E-state index contributed by atoms with van der Waals surface area (Å²) >= 11 is 0. The Morgan fingerprint density at radius 3 is 3.00 bits per heavy atom. The Bertz CT molecular complexity index is 393. The van der Waals surface area contributed by atoms with Gasteiger partial charge in [0, 0.05) is 12.0 Å². The molecule has 0 heterocycles. The van der Waals surface area contributed by atoms with Crippen LogP contribution in [0.2, 0.25) is 0 Å². The third kappa shape index (κ3) is 1.60. The molecule has 2 heteroatoms. The fourth-order valence-electron chi connectivity index (χ4n) is 1.80. The van der Waals surface area contributed by atoms with Crippen LogP contribution in [-0.2, 0) is 11.2 Å². The van der Waals surface area contributed by atoms with Crippen LogP contribution in [-0.4, -0.2) is 6.29 Å². The number of hydrogen-bond acceptors (Lipinski definition) is 1. The summed E-state index contributed by atoms with van der Waals surface area (Å²) in [6.45, 7) is 0. The average Bonchev–Trinajstić information content (AvgIpc) is 2.20. The minimum absolute atomic E-state index is 0.189. The third-order valence-corrected chi connectivity index (χ3v) is 2.55. The van der Waals surface area contributed by atoms with Crippen LogP contribution in [0, 0.1) is 5.82 Å². The number of benzene rings is 1. The first-order chi connectivity index (χ1) is 6.81. The quantitative estimate of drug-likeness (QED) is 0.655. The molecule has 0 N–H and O–H groups in total. The summed E-state index contributed by atoms with van der Waals surface area (Å²) in [4.78, 5) is 10.3. The Morgan fingerprint density at radius 1 is 1.36 bits per heavy atom. The lowest BCUT2D eigenvalue weighted by Crippen LogP contribution is -2.01. The lowest BCUT2D eigenvalue weighted by molar-refractivity contribution is -0.107. The number of fused-ring (bicyclic) bond motifs is 1. The van der Waals surface area contributed by atoms with Crippen molar-refractivity contribution in [1.82, 2.24) is 0 Å². The molecule has 0 aliphatic heterocycles. The molecule has 0 saturated heterocycles. The highest BCUT2D eigenvalue weighted by atomic mass is 19.1. The van der Waals surface area contributed by atoms with Gasteiger partial charge in [0.15, 0.2) is 0 Å². The Labute approximate surface area is 82.3 Å². The van der Waals surface area contributed by atoms with E-state index in [9.17, 15) is 9.18 Å². The van der Waals surface area contributed by atoms with Gasteiger partial charge in [-0.2, -0.15) is 0 Å². The normalized spacial score (nSPS) is 14.5. The molecular formula is C12H11FO. The van der Waals surface area contributed by atoms with Gasteiger partial charge >= 0.3 is 0 Å². The summed E-state index contributed by atoms with van der Waals surface area (Å²) in [7, 11) is 0. The molecule has 1 nitrogen and oxygen atoms in total. The van der Waals surface area contributed by atoms with E-state index in [1.54, 1.807) is 6.07 Å². The standard InChI is InChI=1S/C12H11FO/c13-12-3-1-2-10-5-4-9(6-7-14)8-11(10)12/h1-3,7-8H,4-6H2. The number of aryl methyl sites for hydroxylation is 1. The Hall–Kier alpha value is -1.44. The van der Waals surface area contributed by atoms with Gasteiger partial charge in [-0.1, -0.05) is 23.8 Å². The van der Waals surface area contributed by atoms with Crippen LogP contribution in [0.1, 0.15) is 24.0 Å². The highest BCUT2D eigenvalue weighted by Crippen LogP contribution is 2.26. The lowest BCUT2D eigenvalue weighted by atomic mass is 9.91. The first-order valence-corrected chi connectivity index (χ1v) is 4.71. The molecule has 0 bridgehead atoms. The molecule has 14 heavy (non-hydrogen) atoms. The average molecular weight is 190 g/mol. The zero-order valence-corrected chi connectivity index (χ0v) is 7.79. The molecule has 2 rings (SSSR count). The van der Waals surface area contributed by atoms with Gasteiger partial charge in [0.25, 0.3) is 0 Å². The molecular weight excluding hydrogens is 179 g/mol. The fraction of sp³-hybridized carbons (Fsp3) is 0.250. The van der Waals surface area contributed by atoms with Crippen LogP contribution >= 0.6 is 0 Å². The molecule has 0 amide bonds. The molecule has 0 saturated carbocycles. The van der Waals surface area contributed by atoms with Gasteiger partial charge in [-0.15, -0.1) is 0 Å². The lowest BCUT2D eigenvalue weighted by Gasteiger charge is -2.15. The number of halogens is 1. The smallest absolute Gasteiger partial charge is 0.130 e. The molecule has 0 aromatic heterocycles. The van der Waals surface area contributed by atoms with Gasteiger partial charge in [0.2, 0.25) is 0 Å². The van der Waals surface area contributed by atoms with Gasteiger partial charge < -0.3 is 4.79 Å². The predicted octanol–water partition coefficient (Wildman–Crippen LogP) is 2.74. The summed E-state index contributed by atoms with van der Waals surface area (Å²) < 4.78 is 13.4. The van der Waals surface area contributed by atoms with Crippen molar-refractivity contribution in [1.29, 1.82) is 0 Å². The highest BCUT2D eigenvalue weighted by Gasteiger charge is 2.12. The summed E-state index contributed by atoms with van der Waals surface area (Å²) in [5.41, 5.74) is 2.73. The largest absolute Gasteiger partial charge is 0.303 e. The molecule has 0 unspecified atom stereocenters. The van der Waals surface area contributed by atoms with E-state index in [1.165, 1.54) is 6.07 Å². The number of carbonyl (C=O) groups excluding carboxylic acids is 1. The third-order valence-electron chi connectivity index (χ3n) is 2.55. The van der Waals surface area contributed by atoms with Crippen molar-refractivity contribution in [2.24, 2.45) is 0 Å². The fourth-order valence-corrected chi connectivity index (χ4v) is 1.80. The molecule has 1 aromatic carbocycles. The van der Waals surface area contributed by atoms with E-state index in [1.807, 2.05) is 12.1 Å². The summed E-state index contributed by atoms with van der Waals surface area (Å²) in [6.07, 6.45) is 4.82. The summed E-state index contributed by atoms with van der Waals surface area (Å²) in [6, 6.07) is 5.12. The second-order valence-corrected chi connectivity index (χ2v) is 3.49.